The average Bonchev–Trinajstić information content (AvgIpc) is 2.20. The molecule has 3 N–H and O–H groups in total. The largest absolute Gasteiger partial charge is 0.478 e. The molecular weight excluding hydrogens is 239 g/mol. The first-order valence-electron chi connectivity index (χ1n) is 3.96. The second kappa shape index (κ2) is 5.00. The Morgan fingerprint density at radius 1 is 1.53 bits per heavy atom. The topological polar surface area (TPSA) is 75.7 Å². The van der Waals surface area contributed by atoms with Crippen LogP contribution in [0.5, 0.6) is 0 Å². The number of halogens is 2. The fourth-order valence-corrected chi connectivity index (χ4v) is 1.20. The van der Waals surface area contributed by atoms with Gasteiger partial charge >= 0.3 is 5.97 Å². The van der Waals surface area contributed by atoms with Gasteiger partial charge < -0.3 is 10.8 Å². The monoisotopic (exact) mass is 246 g/mol. The van der Waals surface area contributed by atoms with Gasteiger partial charge in [-0.05, 0) is 18.2 Å². The van der Waals surface area contributed by atoms with Crippen LogP contribution in [-0.2, 0) is 0 Å². The number of aromatic carboxylic acids is 1. The van der Waals surface area contributed by atoms with Gasteiger partial charge in [-0.15, -0.1) is 11.6 Å². The molecule has 1 rings (SSSR count). The van der Waals surface area contributed by atoms with E-state index >= 15 is 0 Å². The highest BCUT2D eigenvalue weighted by Crippen LogP contribution is 2.22. The van der Waals surface area contributed by atoms with Gasteiger partial charge in [0.2, 0.25) is 0 Å². The second-order valence-corrected chi connectivity index (χ2v) is 3.38. The van der Waals surface area contributed by atoms with Crippen LogP contribution in [0.3, 0.4) is 0 Å². The van der Waals surface area contributed by atoms with Gasteiger partial charge in [-0.25, -0.2) is 9.79 Å². The number of carbonyl (C=O) groups is 1. The number of carboxylic acids is 1. The molecule has 0 aromatic heterocycles. The average molecular weight is 247 g/mol. The van der Waals surface area contributed by atoms with Gasteiger partial charge in [0.25, 0.3) is 0 Å². The molecule has 0 aliphatic heterocycles. The Balaban J connectivity index is 3.13. The summed E-state index contributed by atoms with van der Waals surface area (Å²) in [6, 6.07) is 4.35. The molecule has 0 spiro atoms. The Morgan fingerprint density at radius 3 is 2.73 bits per heavy atom. The molecule has 15 heavy (non-hydrogen) atoms. The predicted octanol–water partition coefficient (Wildman–Crippen LogP) is 2.27. The maximum Gasteiger partial charge on any atom is 0.337 e. The third-order valence-corrected chi connectivity index (χ3v) is 2.19. The van der Waals surface area contributed by atoms with Crippen molar-refractivity contribution in [1.82, 2.24) is 0 Å². The van der Waals surface area contributed by atoms with E-state index in [4.69, 9.17) is 34.0 Å². The molecule has 0 saturated heterocycles. The van der Waals surface area contributed by atoms with Gasteiger partial charge in [-0.2, -0.15) is 0 Å². The zero-order valence-corrected chi connectivity index (χ0v) is 9.09. The molecule has 0 radical (unpaired) electrons. The normalized spacial score (nSPS) is 11.5. The highest BCUT2D eigenvalue weighted by molar-refractivity contribution is 6.33. The molecule has 1 aromatic rings. The standard InChI is InChI=1S/C9H8Cl2N2O2/c10-4-8(12)13-5-1-2-7(11)6(3-5)9(14)15/h1-3H,4H2,(H2,12,13)(H,14,15). The smallest absolute Gasteiger partial charge is 0.337 e. The summed E-state index contributed by atoms with van der Waals surface area (Å²) in [6.45, 7) is 0. The minimum Gasteiger partial charge on any atom is -0.478 e. The van der Waals surface area contributed by atoms with Crippen molar-refractivity contribution < 1.29 is 9.90 Å². The van der Waals surface area contributed by atoms with Crippen LogP contribution in [0.1, 0.15) is 10.4 Å². The highest BCUT2D eigenvalue weighted by Gasteiger charge is 2.08. The van der Waals surface area contributed by atoms with E-state index in [1.165, 1.54) is 12.1 Å². The predicted molar refractivity (Wildman–Crippen MR) is 60.4 cm³/mol. The number of carboxylic acid groups (broad SMARTS) is 1. The van der Waals surface area contributed by atoms with E-state index in [9.17, 15) is 4.79 Å². The molecule has 0 aliphatic rings. The van der Waals surface area contributed by atoms with Crippen molar-refractivity contribution in [3.8, 4) is 0 Å². The van der Waals surface area contributed by atoms with E-state index in [0.717, 1.165) is 0 Å². The molecule has 0 atom stereocenters. The Bertz CT molecular complexity index is 419. The quantitative estimate of drug-likeness (QED) is 0.488. The molecule has 0 aliphatic carbocycles. The first kappa shape index (κ1) is 11.8. The maximum absolute atomic E-state index is 10.7. The van der Waals surface area contributed by atoms with Crippen LogP contribution in [0.2, 0.25) is 5.02 Å². The van der Waals surface area contributed by atoms with Gasteiger partial charge in [-0.3, -0.25) is 0 Å². The molecule has 80 valence electrons. The van der Waals surface area contributed by atoms with E-state index in [0.29, 0.717) is 5.69 Å². The van der Waals surface area contributed by atoms with Crippen molar-refractivity contribution in [3.05, 3.63) is 28.8 Å². The Labute approximate surface area is 96.3 Å². The van der Waals surface area contributed by atoms with Crippen molar-refractivity contribution >= 4 is 40.7 Å². The zero-order chi connectivity index (χ0) is 11.4. The van der Waals surface area contributed by atoms with Crippen molar-refractivity contribution in [2.75, 3.05) is 5.88 Å². The number of aliphatic imine (C=N–C) groups is 1. The summed E-state index contributed by atoms with van der Waals surface area (Å²) < 4.78 is 0. The van der Waals surface area contributed by atoms with Gasteiger partial charge in [0.15, 0.2) is 0 Å². The number of amidine groups is 1. The highest BCUT2D eigenvalue weighted by atomic mass is 35.5. The summed E-state index contributed by atoms with van der Waals surface area (Å²) in [5.41, 5.74) is 5.81. The molecule has 0 amide bonds. The molecule has 1 aromatic carbocycles. The first-order chi connectivity index (χ1) is 7.04. The van der Waals surface area contributed by atoms with Crippen LogP contribution in [0.25, 0.3) is 0 Å². The molecular formula is C9H8Cl2N2O2. The maximum atomic E-state index is 10.7. The van der Waals surface area contributed by atoms with Crippen LogP contribution in [-0.4, -0.2) is 22.8 Å². The summed E-state index contributed by atoms with van der Waals surface area (Å²) >= 11 is 11.1. The number of alkyl halides is 1. The number of rotatable bonds is 3. The van der Waals surface area contributed by atoms with Crippen molar-refractivity contribution in [2.24, 2.45) is 10.7 Å². The van der Waals surface area contributed by atoms with E-state index in [-0.39, 0.29) is 22.3 Å². The number of hydrogen-bond acceptors (Lipinski definition) is 2. The Morgan fingerprint density at radius 2 is 2.20 bits per heavy atom. The van der Waals surface area contributed by atoms with Crippen molar-refractivity contribution in [1.29, 1.82) is 0 Å². The zero-order valence-electron chi connectivity index (χ0n) is 7.58. The lowest BCUT2D eigenvalue weighted by molar-refractivity contribution is 0.0697. The third kappa shape index (κ3) is 3.11. The summed E-state index contributed by atoms with van der Waals surface area (Å²) in [6.07, 6.45) is 0. The van der Waals surface area contributed by atoms with Crippen LogP contribution in [0.15, 0.2) is 23.2 Å². The summed E-state index contributed by atoms with van der Waals surface area (Å²) in [7, 11) is 0. The molecule has 0 fully saturated rings. The molecule has 6 heteroatoms. The van der Waals surface area contributed by atoms with Crippen LogP contribution in [0.4, 0.5) is 5.69 Å². The minimum atomic E-state index is -1.11. The Hall–Kier alpha value is -1.26. The van der Waals surface area contributed by atoms with Gasteiger partial charge in [-0.1, -0.05) is 11.6 Å². The van der Waals surface area contributed by atoms with E-state index < -0.39 is 5.97 Å². The fourth-order valence-electron chi connectivity index (χ4n) is 0.942. The van der Waals surface area contributed by atoms with Crippen LogP contribution < -0.4 is 5.73 Å². The molecule has 4 nitrogen and oxygen atoms in total. The lowest BCUT2D eigenvalue weighted by atomic mass is 10.2. The molecule has 0 bridgehead atoms. The molecule has 0 heterocycles. The summed E-state index contributed by atoms with van der Waals surface area (Å²) in [4.78, 5) is 14.6. The van der Waals surface area contributed by atoms with E-state index in [2.05, 4.69) is 4.99 Å². The number of nitrogens with zero attached hydrogens (tertiary/aromatic N) is 1. The van der Waals surface area contributed by atoms with E-state index in [1.807, 2.05) is 0 Å². The van der Waals surface area contributed by atoms with Crippen LogP contribution >= 0.6 is 23.2 Å². The van der Waals surface area contributed by atoms with Gasteiger partial charge in [0.1, 0.15) is 5.84 Å². The fraction of sp³-hybridized carbons (Fsp3) is 0.111. The second-order valence-electron chi connectivity index (χ2n) is 2.71. The Kier molecular flexibility index (Phi) is 3.94. The first-order valence-corrected chi connectivity index (χ1v) is 4.87. The van der Waals surface area contributed by atoms with Gasteiger partial charge in [0.05, 0.1) is 22.2 Å². The lowest BCUT2D eigenvalue weighted by Gasteiger charge is -2.01. The lowest BCUT2D eigenvalue weighted by Crippen LogP contribution is -2.12. The SMILES string of the molecule is NC(CCl)=Nc1ccc(Cl)c(C(=O)O)c1. The number of benzene rings is 1. The molecule has 0 saturated carbocycles. The summed E-state index contributed by atoms with van der Waals surface area (Å²) in [5.74, 6) is -0.804. The number of hydrogen-bond donors (Lipinski definition) is 2. The van der Waals surface area contributed by atoms with Crippen molar-refractivity contribution in [2.45, 2.75) is 0 Å². The van der Waals surface area contributed by atoms with Gasteiger partial charge in [0, 0.05) is 0 Å². The van der Waals surface area contributed by atoms with E-state index in [1.54, 1.807) is 6.07 Å². The van der Waals surface area contributed by atoms with Crippen molar-refractivity contribution in [3.63, 3.8) is 0 Å². The summed E-state index contributed by atoms with van der Waals surface area (Å²) in [5, 5.41) is 8.95. The third-order valence-electron chi connectivity index (χ3n) is 1.59. The number of nitrogens with two attached hydrogens (primary N) is 1. The van der Waals surface area contributed by atoms with Crippen LogP contribution in [0, 0.1) is 0 Å². The molecule has 0 unspecified atom stereocenters. The minimum absolute atomic E-state index is 0.0136.